The average molecular weight is 543 g/mol. The largest absolute Gasteiger partial charge is 0.353 e. The molecule has 1 N–H and O–H groups in total. The molecule has 0 aromatic carbocycles. The van der Waals surface area contributed by atoms with Crippen molar-refractivity contribution in [3.05, 3.63) is 28.9 Å². The van der Waals surface area contributed by atoms with E-state index >= 15 is 0 Å². The molecule has 2 aliphatic rings. The molecule has 0 bridgehead atoms. The molecule has 0 spiro atoms. The topological polar surface area (TPSA) is 116 Å². The van der Waals surface area contributed by atoms with E-state index in [1.807, 2.05) is 13.0 Å². The molecule has 2 fully saturated rings. The number of aromatic nitrogens is 2. The van der Waals surface area contributed by atoms with Gasteiger partial charge in [-0.1, -0.05) is 0 Å². The fourth-order valence-electron chi connectivity index (χ4n) is 4.48. The van der Waals surface area contributed by atoms with Crippen LogP contribution in [0.2, 0.25) is 0 Å². The molecule has 10 nitrogen and oxygen atoms in total. The second-order valence-corrected chi connectivity index (χ2v) is 14.0. The number of anilines is 2. The number of piperazine rings is 1. The first-order valence-corrected chi connectivity index (χ1v) is 15.9. The van der Waals surface area contributed by atoms with Crippen LogP contribution in [-0.2, 0) is 20.0 Å². The molecule has 4 rings (SSSR count). The number of hydrogen-bond acceptors (Lipinski definition) is 9. The van der Waals surface area contributed by atoms with E-state index in [9.17, 15) is 16.8 Å². The highest BCUT2D eigenvalue weighted by molar-refractivity contribution is 7.89. The zero-order valence-electron chi connectivity index (χ0n) is 20.5. The molecule has 4 heterocycles. The SMILES string of the molecule is CCS(=O)(=O)N1CCC(CNS(=O)(=O)c2cnc(N3CCN(c4nc(C)cs4)CC3)cc2C)CC1. The molecule has 0 unspecified atom stereocenters. The van der Waals surface area contributed by atoms with Crippen molar-refractivity contribution < 1.29 is 16.8 Å². The van der Waals surface area contributed by atoms with Gasteiger partial charge in [0.1, 0.15) is 10.7 Å². The maximum absolute atomic E-state index is 13.0. The van der Waals surface area contributed by atoms with Gasteiger partial charge in [-0.3, -0.25) is 0 Å². The summed E-state index contributed by atoms with van der Waals surface area (Å²) in [7, 11) is -6.89. The van der Waals surface area contributed by atoms with Crippen molar-refractivity contribution in [1.29, 1.82) is 0 Å². The number of thiazole rings is 1. The number of nitrogens with one attached hydrogen (secondary N) is 1. The quantitative estimate of drug-likeness (QED) is 0.537. The number of sulfonamides is 2. The summed E-state index contributed by atoms with van der Waals surface area (Å²) in [5.74, 6) is 0.979. The third-order valence-corrected chi connectivity index (χ3v) is 11.2. The van der Waals surface area contributed by atoms with Gasteiger partial charge >= 0.3 is 0 Å². The predicted molar refractivity (Wildman–Crippen MR) is 139 cm³/mol. The number of hydrogen-bond donors (Lipinski definition) is 1. The first kappa shape index (κ1) is 26.3. The number of aryl methyl sites for hydroxylation is 2. The van der Waals surface area contributed by atoms with Crippen molar-refractivity contribution in [2.75, 3.05) is 61.4 Å². The summed E-state index contributed by atoms with van der Waals surface area (Å²) in [4.78, 5) is 13.7. The van der Waals surface area contributed by atoms with Crippen LogP contribution in [0.25, 0.3) is 0 Å². The lowest BCUT2D eigenvalue weighted by atomic mass is 9.99. The van der Waals surface area contributed by atoms with Crippen LogP contribution in [0.3, 0.4) is 0 Å². The number of piperidine rings is 1. The summed E-state index contributed by atoms with van der Waals surface area (Å²) in [6.07, 6.45) is 2.73. The molecule has 0 amide bonds. The lowest BCUT2D eigenvalue weighted by Crippen LogP contribution is -2.46. The molecule has 194 valence electrons. The Morgan fingerprint density at radius 2 is 1.69 bits per heavy atom. The highest BCUT2D eigenvalue weighted by Gasteiger charge is 2.28. The van der Waals surface area contributed by atoms with Crippen molar-refractivity contribution in [2.24, 2.45) is 5.92 Å². The Bertz CT molecular complexity index is 1230. The maximum atomic E-state index is 13.0. The van der Waals surface area contributed by atoms with Gasteiger partial charge in [-0.15, -0.1) is 11.3 Å². The molecule has 35 heavy (non-hydrogen) atoms. The lowest BCUT2D eigenvalue weighted by Gasteiger charge is -2.35. The van der Waals surface area contributed by atoms with Crippen LogP contribution in [0, 0.1) is 19.8 Å². The van der Waals surface area contributed by atoms with Crippen molar-refractivity contribution in [3.63, 3.8) is 0 Å². The summed E-state index contributed by atoms with van der Waals surface area (Å²) in [6.45, 7) is 9.87. The van der Waals surface area contributed by atoms with Crippen molar-refractivity contribution in [2.45, 2.75) is 38.5 Å². The first-order valence-electron chi connectivity index (χ1n) is 11.9. The first-order chi connectivity index (χ1) is 16.6. The third kappa shape index (κ3) is 6.13. The summed E-state index contributed by atoms with van der Waals surface area (Å²) < 4.78 is 54.2. The molecule has 0 aliphatic carbocycles. The molecule has 2 aromatic rings. The maximum Gasteiger partial charge on any atom is 0.242 e. The molecule has 0 atom stereocenters. The van der Waals surface area contributed by atoms with Crippen molar-refractivity contribution >= 4 is 42.3 Å². The van der Waals surface area contributed by atoms with Gasteiger partial charge < -0.3 is 9.80 Å². The Morgan fingerprint density at radius 3 is 2.26 bits per heavy atom. The standard InChI is InChI=1S/C22H34N6O4S3/c1-4-34(29,30)28-7-5-19(6-8-28)14-24-35(31,32)20-15-23-21(13-17(20)2)26-9-11-27(12-10-26)22-25-18(3)16-33-22/h13,15-16,19,24H,4-12,14H2,1-3H3. The Kier molecular flexibility index (Phi) is 8.01. The van der Waals surface area contributed by atoms with Crippen LogP contribution in [0.15, 0.2) is 22.5 Å². The van der Waals surface area contributed by atoms with Crippen molar-refractivity contribution in [1.82, 2.24) is 19.0 Å². The fraction of sp³-hybridized carbons (Fsp3) is 0.636. The van der Waals surface area contributed by atoms with Crippen LogP contribution in [-0.4, -0.2) is 82.7 Å². The van der Waals surface area contributed by atoms with Crippen molar-refractivity contribution in [3.8, 4) is 0 Å². The molecule has 0 radical (unpaired) electrons. The van der Waals surface area contributed by atoms with Gasteiger partial charge in [0.15, 0.2) is 5.13 Å². The van der Waals surface area contributed by atoms with E-state index in [-0.39, 0.29) is 16.6 Å². The Balaban J connectivity index is 1.32. The monoisotopic (exact) mass is 542 g/mol. The van der Waals surface area contributed by atoms with E-state index in [0.29, 0.717) is 38.0 Å². The van der Waals surface area contributed by atoms with E-state index in [2.05, 4.69) is 29.9 Å². The number of rotatable bonds is 8. The van der Waals surface area contributed by atoms with Gasteiger partial charge in [0.2, 0.25) is 20.0 Å². The van der Waals surface area contributed by atoms with Gasteiger partial charge in [0, 0.05) is 57.4 Å². The average Bonchev–Trinajstić information content (AvgIpc) is 3.29. The van der Waals surface area contributed by atoms with Gasteiger partial charge in [0.25, 0.3) is 0 Å². The van der Waals surface area contributed by atoms with E-state index in [0.717, 1.165) is 42.8 Å². The molecule has 2 saturated heterocycles. The van der Waals surface area contributed by atoms with Crippen LogP contribution in [0.1, 0.15) is 31.0 Å². The molecule has 13 heteroatoms. The number of pyridine rings is 1. The van der Waals surface area contributed by atoms with Crippen LogP contribution < -0.4 is 14.5 Å². The van der Waals surface area contributed by atoms with Gasteiger partial charge in [-0.2, -0.15) is 0 Å². The second-order valence-electron chi connectivity index (χ2n) is 9.15. The minimum atomic E-state index is -3.70. The van der Waals surface area contributed by atoms with E-state index < -0.39 is 20.0 Å². The summed E-state index contributed by atoms with van der Waals surface area (Å²) in [5.41, 5.74) is 1.69. The normalized spacial score (nSPS) is 18.8. The van der Waals surface area contributed by atoms with Gasteiger partial charge in [0.05, 0.1) is 11.4 Å². The molecule has 2 aliphatic heterocycles. The molecular weight excluding hydrogens is 508 g/mol. The van der Waals surface area contributed by atoms with Crippen LogP contribution in [0.4, 0.5) is 10.9 Å². The zero-order chi connectivity index (χ0) is 25.2. The molecule has 0 saturated carbocycles. The van der Waals surface area contributed by atoms with E-state index in [4.69, 9.17) is 0 Å². The molecule has 2 aromatic heterocycles. The fourth-order valence-corrected chi connectivity index (χ4v) is 7.75. The second kappa shape index (κ2) is 10.7. The minimum absolute atomic E-state index is 0.0911. The third-order valence-electron chi connectivity index (χ3n) is 6.71. The summed E-state index contributed by atoms with van der Waals surface area (Å²) in [5, 5.41) is 3.09. The van der Waals surface area contributed by atoms with Crippen LogP contribution >= 0.6 is 11.3 Å². The van der Waals surface area contributed by atoms with Crippen LogP contribution in [0.5, 0.6) is 0 Å². The Labute approximate surface area is 212 Å². The van der Waals surface area contributed by atoms with Gasteiger partial charge in [-0.05, 0) is 51.2 Å². The summed E-state index contributed by atoms with van der Waals surface area (Å²) >= 11 is 1.65. The lowest BCUT2D eigenvalue weighted by molar-refractivity contribution is 0.274. The number of nitrogens with zero attached hydrogens (tertiary/aromatic N) is 5. The molecular formula is C22H34N6O4S3. The predicted octanol–water partition coefficient (Wildman–Crippen LogP) is 1.82. The van der Waals surface area contributed by atoms with E-state index in [1.165, 1.54) is 10.5 Å². The minimum Gasteiger partial charge on any atom is -0.353 e. The smallest absolute Gasteiger partial charge is 0.242 e. The highest BCUT2D eigenvalue weighted by atomic mass is 32.2. The zero-order valence-corrected chi connectivity index (χ0v) is 22.9. The Hall–Kier alpha value is -1.80. The highest BCUT2D eigenvalue weighted by Crippen LogP contribution is 2.25. The van der Waals surface area contributed by atoms with Gasteiger partial charge in [-0.25, -0.2) is 35.8 Å². The Morgan fingerprint density at radius 1 is 1.03 bits per heavy atom. The van der Waals surface area contributed by atoms with E-state index in [1.54, 1.807) is 25.2 Å². The summed E-state index contributed by atoms with van der Waals surface area (Å²) in [6, 6.07) is 1.84.